The molecular formula is C17H15FN2O. The Hall–Kier alpha value is -2.62. The number of hydrogen-bond donors (Lipinski definition) is 2. The second kappa shape index (κ2) is 5.05. The maximum Gasteiger partial charge on any atom is 0.137 e. The molecule has 1 heterocycles. The molecule has 0 spiro atoms. The van der Waals surface area contributed by atoms with E-state index in [2.05, 4.69) is 0 Å². The lowest BCUT2D eigenvalue weighted by atomic mass is 10.0. The number of nitrogens with zero attached hydrogens (tertiary/aromatic N) is 1. The SMILES string of the molecule is C[C@H]1C(O)=C(c2ccc(F)cc2)C(=N)N1c1ccccc1. The molecule has 0 aromatic heterocycles. The summed E-state index contributed by atoms with van der Waals surface area (Å²) < 4.78 is 13.0. The molecule has 0 aliphatic carbocycles. The first-order valence-corrected chi connectivity index (χ1v) is 6.72. The van der Waals surface area contributed by atoms with E-state index in [1.165, 1.54) is 12.1 Å². The molecule has 0 radical (unpaired) electrons. The van der Waals surface area contributed by atoms with Gasteiger partial charge in [0.2, 0.25) is 0 Å². The van der Waals surface area contributed by atoms with Crippen LogP contribution in [0.4, 0.5) is 10.1 Å². The van der Waals surface area contributed by atoms with Gasteiger partial charge in [-0.1, -0.05) is 30.3 Å². The number of anilines is 1. The third-order valence-corrected chi connectivity index (χ3v) is 3.68. The Morgan fingerprint density at radius 3 is 2.29 bits per heavy atom. The van der Waals surface area contributed by atoms with Crippen molar-refractivity contribution in [3.8, 4) is 0 Å². The predicted molar refractivity (Wildman–Crippen MR) is 82.1 cm³/mol. The van der Waals surface area contributed by atoms with Gasteiger partial charge in [0.05, 0.1) is 11.6 Å². The summed E-state index contributed by atoms with van der Waals surface area (Å²) in [5.41, 5.74) is 1.94. The molecule has 0 saturated heterocycles. The molecule has 0 saturated carbocycles. The largest absolute Gasteiger partial charge is 0.509 e. The van der Waals surface area contributed by atoms with Gasteiger partial charge in [0.25, 0.3) is 0 Å². The number of halogens is 1. The van der Waals surface area contributed by atoms with E-state index in [1.54, 1.807) is 17.0 Å². The fraction of sp³-hybridized carbons (Fsp3) is 0.118. The van der Waals surface area contributed by atoms with Gasteiger partial charge >= 0.3 is 0 Å². The van der Waals surface area contributed by atoms with Crippen molar-refractivity contribution in [3.05, 3.63) is 71.7 Å². The highest BCUT2D eigenvalue weighted by molar-refractivity contribution is 6.31. The number of benzene rings is 2. The van der Waals surface area contributed by atoms with Gasteiger partial charge in [0, 0.05) is 5.69 Å². The minimum atomic E-state index is -0.337. The summed E-state index contributed by atoms with van der Waals surface area (Å²) in [7, 11) is 0. The lowest BCUT2D eigenvalue weighted by molar-refractivity contribution is 0.384. The maximum atomic E-state index is 13.0. The zero-order valence-electron chi connectivity index (χ0n) is 11.5. The molecule has 3 rings (SSSR count). The smallest absolute Gasteiger partial charge is 0.137 e. The normalized spacial score (nSPS) is 18.5. The molecule has 4 heteroatoms. The first-order valence-electron chi connectivity index (χ1n) is 6.72. The van der Waals surface area contributed by atoms with E-state index in [9.17, 15) is 9.50 Å². The maximum absolute atomic E-state index is 13.0. The number of para-hydroxylation sites is 1. The van der Waals surface area contributed by atoms with Gasteiger partial charge in [0.15, 0.2) is 0 Å². The van der Waals surface area contributed by atoms with Crippen molar-refractivity contribution in [2.24, 2.45) is 0 Å². The Balaban J connectivity index is 2.03. The number of hydrogen-bond acceptors (Lipinski definition) is 2. The van der Waals surface area contributed by atoms with Crippen molar-refractivity contribution in [2.45, 2.75) is 13.0 Å². The average Bonchev–Trinajstić information content (AvgIpc) is 2.72. The minimum absolute atomic E-state index is 0.135. The Morgan fingerprint density at radius 1 is 1.05 bits per heavy atom. The Bertz CT molecular complexity index is 707. The third-order valence-electron chi connectivity index (χ3n) is 3.68. The van der Waals surface area contributed by atoms with Crippen LogP contribution in [0.1, 0.15) is 12.5 Å². The van der Waals surface area contributed by atoms with E-state index < -0.39 is 0 Å². The van der Waals surface area contributed by atoms with Gasteiger partial charge in [-0.3, -0.25) is 5.41 Å². The Kier molecular flexibility index (Phi) is 3.22. The van der Waals surface area contributed by atoms with E-state index in [4.69, 9.17) is 5.41 Å². The lowest BCUT2D eigenvalue weighted by Crippen LogP contribution is -2.33. The number of nitrogens with one attached hydrogen (secondary N) is 1. The molecule has 106 valence electrons. The summed E-state index contributed by atoms with van der Waals surface area (Å²) in [6.45, 7) is 1.84. The summed E-state index contributed by atoms with van der Waals surface area (Å²) in [5.74, 6) is 0.0181. The van der Waals surface area contributed by atoms with Crippen LogP contribution in [0.2, 0.25) is 0 Å². The Morgan fingerprint density at radius 2 is 1.67 bits per heavy atom. The summed E-state index contributed by atoms with van der Waals surface area (Å²) in [6, 6.07) is 15.0. The fourth-order valence-corrected chi connectivity index (χ4v) is 2.61. The molecule has 2 aromatic carbocycles. The van der Waals surface area contributed by atoms with Crippen molar-refractivity contribution in [3.63, 3.8) is 0 Å². The van der Waals surface area contributed by atoms with Crippen LogP contribution in [0.25, 0.3) is 5.57 Å². The molecule has 0 fully saturated rings. The molecule has 2 N–H and O–H groups in total. The van der Waals surface area contributed by atoms with Crippen LogP contribution in [0.15, 0.2) is 60.4 Å². The summed E-state index contributed by atoms with van der Waals surface area (Å²) in [6.07, 6.45) is 0. The van der Waals surface area contributed by atoms with Gasteiger partial charge in [-0.25, -0.2) is 4.39 Å². The van der Waals surface area contributed by atoms with Gasteiger partial charge in [-0.05, 0) is 36.8 Å². The molecule has 2 aromatic rings. The van der Waals surface area contributed by atoms with Crippen LogP contribution in [0.5, 0.6) is 0 Å². The second-order valence-electron chi connectivity index (χ2n) is 5.00. The lowest BCUT2D eigenvalue weighted by Gasteiger charge is -2.24. The monoisotopic (exact) mass is 282 g/mol. The molecule has 1 aliphatic heterocycles. The molecular weight excluding hydrogens is 267 g/mol. The number of aliphatic hydroxyl groups excluding tert-OH is 1. The van der Waals surface area contributed by atoms with Crippen LogP contribution in [-0.4, -0.2) is 17.0 Å². The minimum Gasteiger partial charge on any atom is -0.509 e. The quantitative estimate of drug-likeness (QED) is 0.875. The van der Waals surface area contributed by atoms with Crippen molar-refractivity contribution >= 4 is 17.1 Å². The number of rotatable bonds is 2. The highest BCUT2D eigenvalue weighted by Gasteiger charge is 2.35. The van der Waals surface area contributed by atoms with Crippen molar-refractivity contribution in [1.82, 2.24) is 0 Å². The van der Waals surface area contributed by atoms with Crippen LogP contribution in [0.3, 0.4) is 0 Å². The molecule has 1 atom stereocenters. The van der Waals surface area contributed by atoms with Crippen LogP contribution >= 0.6 is 0 Å². The Labute approximate surface area is 122 Å². The fourth-order valence-electron chi connectivity index (χ4n) is 2.61. The molecule has 0 bridgehead atoms. The first kappa shape index (κ1) is 13.4. The van der Waals surface area contributed by atoms with Crippen LogP contribution < -0.4 is 4.90 Å². The topological polar surface area (TPSA) is 47.3 Å². The van der Waals surface area contributed by atoms with Crippen LogP contribution in [0, 0.1) is 11.2 Å². The van der Waals surface area contributed by atoms with Gasteiger partial charge in [-0.15, -0.1) is 0 Å². The highest BCUT2D eigenvalue weighted by Crippen LogP contribution is 2.35. The van der Waals surface area contributed by atoms with Crippen molar-refractivity contribution in [2.75, 3.05) is 4.90 Å². The van der Waals surface area contributed by atoms with Gasteiger partial charge in [0.1, 0.15) is 17.4 Å². The first-order chi connectivity index (χ1) is 10.1. The second-order valence-corrected chi connectivity index (χ2v) is 5.00. The molecule has 3 nitrogen and oxygen atoms in total. The van der Waals surface area contributed by atoms with Gasteiger partial charge in [-0.2, -0.15) is 0 Å². The van der Waals surface area contributed by atoms with Gasteiger partial charge < -0.3 is 10.0 Å². The molecule has 0 amide bonds. The highest BCUT2D eigenvalue weighted by atomic mass is 19.1. The van der Waals surface area contributed by atoms with E-state index in [1.807, 2.05) is 37.3 Å². The molecule has 0 unspecified atom stereocenters. The average molecular weight is 282 g/mol. The van der Waals surface area contributed by atoms with Crippen molar-refractivity contribution < 1.29 is 9.50 Å². The predicted octanol–water partition coefficient (Wildman–Crippen LogP) is 3.98. The summed E-state index contributed by atoms with van der Waals surface area (Å²) >= 11 is 0. The zero-order valence-corrected chi connectivity index (χ0v) is 11.5. The van der Waals surface area contributed by atoms with E-state index in [0.29, 0.717) is 11.1 Å². The van der Waals surface area contributed by atoms with E-state index in [0.717, 1.165) is 5.69 Å². The van der Waals surface area contributed by atoms with E-state index >= 15 is 0 Å². The zero-order chi connectivity index (χ0) is 15.0. The standard InChI is InChI=1S/C17H15FN2O/c1-11-16(21)15(12-7-9-13(18)10-8-12)17(19)20(11)14-5-3-2-4-6-14/h2-11,19,21H,1H3/t11-/m0/s1. The van der Waals surface area contributed by atoms with E-state index in [-0.39, 0.29) is 23.5 Å². The molecule has 21 heavy (non-hydrogen) atoms. The third kappa shape index (κ3) is 2.18. The number of aliphatic hydroxyl groups is 1. The summed E-state index contributed by atoms with van der Waals surface area (Å²) in [5, 5.41) is 18.8. The number of amidine groups is 1. The van der Waals surface area contributed by atoms with Crippen LogP contribution in [-0.2, 0) is 0 Å². The van der Waals surface area contributed by atoms with Crippen molar-refractivity contribution in [1.29, 1.82) is 5.41 Å². The summed E-state index contributed by atoms with van der Waals surface area (Å²) in [4.78, 5) is 1.76. The molecule has 1 aliphatic rings.